The second-order valence-electron chi connectivity index (χ2n) is 8.19. The summed E-state index contributed by atoms with van der Waals surface area (Å²) < 4.78 is 6.23. The first kappa shape index (κ1) is 22.1. The molecule has 0 amide bonds. The number of aryl methyl sites for hydroxylation is 2. The van der Waals surface area contributed by atoms with Crippen molar-refractivity contribution >= 4 is 17.1 Å². The van der Waals surface area contributed by atoms with Crippen LogP contribution in [0.25, 0.3) is 0 Å². The van der Waals surface area contributed by atoms with Crippen molar-refractivity contribution in [1.82, 2.24) is 0 Å². The van der Waals surface area contributed by atoms with Gasteiger partial charge in [-0.15, -0.1) is 0 Å². The van der Waals surface area contributed by atoms with Crippen molar-refractivity contribution < 1.29 is 20.1 Å². The lowest BCUT2D eigenvalue weighted by atomic mass is 10.1. The van der Waals surface area contributed by atoms with Crippen molar-refractivity contribution in [3.05, 3.63) is 95.1 Å². The van der Waals surface area contributed by atoms with Crippen LogP contribution in [0.2, 0.25) is 0 Å². The van der Waals surface area contributed by atoms with Crippen molar-refractivity contribution in [3.8, 4) is 28.7 Å². The highest BCUT2D eigenvalue weighted by molar-refractivity contribution is 5.82. The van der Waals surface area contributed by atoms with Gasteiger partial charge < -0.3 is 25.0 Å². The lowest BCUT2D eigenvalue weighted by Gasteiger charge is -2.29. The lowest BCUT2D eigenvalue weighted by molar-refractivity contribution is 0.458. The van der Waals surface area contributed by atoms with Crippen molar-refractivity contribution in [2.45, 2.75) is 27.7 Å². The quantitative estimate of drug-likeness (QED) is 0.303. The van der Waals surface area contributed by atoms with Crippen LogP contribution >= 0.6 is 0 Å². The number of nitrogens with zero attached hydrogens (tertiary/aromatic N) is 1. The summed E-state index contributed by atoms with van der Waals surface area (Å²) in [6.07, 6.45) is 0. The highest BCUT2D eigenvalue weighted by Crippen LogP contribution is 2.43. The van der Waals surface area contributed by atoms with Crippen molar-refractivity contribution in [2.24, 2.45) is 0 Å². The Balaban J connectivity index is 1.85. The van der Waals surface area contributed by atoms with E-state index in [-0.39, 0.29) is 17.2 Å². The molecule has 5 heteroatoms. The molecule has 5 nitrogen and oxygen atoms in total. The highest BCUT2D eigenvalue weighted by Gasteiger charge is 2.20. The number of rotatable bonds is 5. The predicted molar refractivity (Wildman–Crippen MR) is 132 cm³/mol. The van der Waals surface area contributed by atoms with E-state index in [9.17, 15) is 15.3 Å². The van der Waals surface area contributed by atoms with Crippen molar-refractivity contribution in [3.63, 3.8) is 0 Å². The minimum Gasteiger partial charge on any atom is -0.508 e. The van der Waals surface area contributed by atoms with Gasteiger partial charge in [0, 0.05) is 22.9 Å². The van der Waals surface area contributed by atoms with E-state index in [4.69, 9.17) is 4.74 Å². The van der Waals surface area contributed by atoms with Crippen LogP contribution in [0.1, 0.15) is 22.3 Å². The summed E-state index contributed by atoms with van der Waals surface area (Å²) in [4.78, 5) is 1.99. The first-order valence-electron chi connectivity index (χ1n) is 10.7. The Bertz CT molecular complexity index is 1260. The van der Waals surface area contributed by atoms with Gasteiger partial charge in [0.15, 0.2) is 0 Å². The monoisotopic (exact) mass is 441 g/mol. The van der Waals surface area contributed by atoms with Gasteiger partial charge in [-0.05, 0) is 87.4 Å². The Labute approximate surface area is 193 Å². The standard InChI is InChI=1S/C28H27NO4/c1-17-14-22(30)15-18(2)28(17)33-23-9-5-8-21(16-23)29(24-10-6-12-26(31)19(24)3)25-11-7-13-27(32)20(25)4/h5-16,30-32H,1-4H3. The van der Waals surface area contributed by atoms with Gasteiger partial charge in [0.2, 0.25) is 0 Å². The van der Waals surface area contributed by atoms with E-state index < -0.39 is 0 Å². The molecule has 0 aliphatic carbocycles. The summed E-state index contributed by atoms with van der Waals surface area (Å²) in [6.45, 7) is 7.51. The molecule has 0 aliphatic heterocycles. The Kier molecular flexibility index (Phi) is 5.88. The van der Waals surface area contributed by atoms with Gasteiger partial charge in [0.05, 0.1) is 11.4 Å². The van der Waals surface area contributed by atoms with Crippen LogP contribution in [0, 0.1) is 27.7 Å². The fourth-order valence-corrected chi connectivity index (χ4v) is 4.01. The molecule has 0 bridgehead atoms. The van der Waals surface area contributed by atoms with Gasteiger partial charge in [-0.25, -0.2) is 0 Å². The molecule has 0 aromatic heterocycles. The molecular formula is C28H27NO4. The van der Waals surface area contributed by atoms with Gasteiger partial charge in [-0.2, -0.15) is 0 Å². The van der Waals surface area contributed by atoms with Crippen LogP contribution in [0.3, 0.4) is 0 Å². The first-order valence-corrected chi connectivity index (χ1v) is 10.7. The largest absolute Gasteiger partial charge is 0.508 e. The Morgan fingerprint density at radius 1 is 0.636 bits per heavy atom. The van der Waals surface area contributed by atoms with Crippen LogP contribution in [0.15, 0.2) is 72.8 Å². The van der Waals surface area contributed by atoms with Crippen molar-refractivity contribution in [2.75, 3.05) is 4.90 Å². The molecule has 0 heterocycles. The molecular weight excluding hydrogens is 414 g/mol. The van der Waals surface area contributed by atoms with E-state index in [2.05, 4.69) is 0 Å². The van der Waals surface area contributed by atoms with E-state index in [0.29, 0.717) is 11.5 Å². The zero-order valence-electron chi connectivity index (χ0n) is 19.1. The number of phenols is 3. The number of aromatic hydroxyl groups is 3. The molecule has 0 aliphatic rings. The summed E-state index contributed by atoms with van der Waals surface area (Å²) in [5, 5.41) is 30.6. The number of phenolic OH excluding ortho intramolecular Hbond substituents is 3. The minimum absolute atomic E-state index is 0.193. The van der Waals surface area contributed by atoms with Crippen LogP contribution in [-0.4, -0.2) is 15.3 Å². The van der Waals surface area contributed by atoms with Gasteiger partial charge in [-0.3, -0.25) is 0 Å². The van der Waals surface area contributed by atoms with Crippen LogP contribution < -0.4 is 9.64 Å². The van der Waals surface area contributed by atoms with Crippen molar-refractivity contribution in [1.29, 1.82) is 0 Å². The topological polar surface area (TPSA) is 73.2 Å². The molecule has 168 valence electrons. The number of hydrogen-bond donors (Lipinski definition) is 3. The van der Waals surface area contributed by atoms with E-state index in [1.54, 1.807) is 36.4 Å². The van der Waals surface area contributed by atoms with Crippen LogP contribution in [0.4, 0.5) is 17.1 Å². The van der Waals surface area contributed by atoms with Gasteiger partial charge in [0.1, 0.15) is 28.7 Å². The fourth-order valence-electron chi connectivity index (χ4n) is 4.01. The smallest absolute Gasteiger partial charge is 0.133 e. The molecule has 0 unspecified atom stereocenters. The van der Waals surface area contributed by atoms with E-state index in [1.165, 1.54) is 0 Å². The molecule has 33 heavy (non-hydrogen) atoms. The molecule has 4 aromatic carbocycles. The average molecular weight is 442 g/mol. The minimum atomic E-state index is 0.193. The first-order chi connectivity index (χ1) is 15.8. The van der Waals surface area contributed by atoms with E-state index in [0.717, 1.165) is 39.3 Å². The fraction of sp³-hybridized carbons (Fsp3) is 0.143. The summed E-state index contributed by atoms with van der Waals surface area (Å²) >= 11 is 0. The molecule has 0 saturated heterocycles. The maximum Gasteiger partial charge on any atom is 0.133 e. The SMILES string of the molecule is Cc1cc(O)cc(C)c1Oc1cccc(N(c2cccc(O)c2C)c2cccc(O)c2C)c1. The second kappa shape index (κ2) is 8.79. The summed E-state index contributed by atoms with van der Waals surface area (Å²) in [5.74, 6) is 1.91. The summed E-state index contributed by atoms with van der Waals surface area (Å²) in [5.41, 5.74) is 5.50. The third-order valence-corrected chi connectivity index (χ3v) is 5.78. The number of anilines is 3. The summed E-state index contributed by atoms with van der Waals surface area (Å²) in [7, 11) is 0. The zero-order chi connectivity index (χ0) is 23.7. The normalized spacial score (nSPS) is 10.8. The number of hydrogen-bond acceptors (Lipinski definition) is 5. The number of benzene rings is 4. The van der Waals surface area contributed by atoms with Gasteiger partial charge in [0.25, 0.3) is 0 Å². The lowest BCUT2D eigenvalue weighted by Crippen LogP contribution is -2.12. The maximum atomic E-state index is 10.4. The zero-order valence-corrected chi connectivity index (χ0v) is 19.1. The van der Waals surface area contributed by atoms with Gasteiger partial charge >= 0.3 is 0 Å². The van der Waals surface area contributed by atoms with E-state index in [1.807, 2.05) is 69.0 Å². The van der Waals surface area contributed by atoms with Gasteiger partial charge in [-0.1, -0.05) is 18.2 Å². The number of ether oxygens (including phenoxy) is 1. The molecule has 4 rings (SSSR count). The Morgan fingerprint density at radius 2 is 1.15 bits per heavy atom. The molecule has 0 spiro atoms. The average Bonchev–Trinajstić information content (AvgIpc) is 2.77. The highest BCUT2D eigenvalue weighted by atomic mass is 16.5. The molecule has 0 radical (unpaired) electrons. The van der Waals surface area contributed by atoms with Crippen LogP contribution in [0.5, 0.6) is 28.7 Å². The van der Waals surface area contributed by atoms with Crippen LogP contribution in [-0.2, 0) is 0 Å². The van der Waals surface area contributed by atoms with E-state index >= 15 is 0 Å². The summed E-state index contributed by atoms with van der Waals surface area (Å²) in [6, 6.07) is 21.8. The third kappa shape index (κ3) is 4.30. The second-order valence-corrected chi connectivity index (χ2v) is 8.19. The molecule has 0 atom stereocenters. The Morgan fingerprint density at radius 3 is 1.70 bits per heavy atom. The molecule has 0 fully saturated rings. The predicted octanol–water partition coefficient (Wildman–Crippen LogP) is 7.30. The Hall–Kier alpha value is -4.12. The molecule has 0 saturated carbocycles. The molecule has 3 N–H and O–H groups in total. The molecule has 4 aromatic rings. The maximum absolute atomic E-state index is 10.4. The third-order valence-electron chi connectivity index (χ3n) is 5.78.